The second kappa shape index (κ2) is 6.21. The third-order valence-corrected chi connectivity index (χ3v) is 3.24. The van der Waals surface area contributed by atoms with Gasteiger partial charge in [-0.2, -0.15) is 0 Å². The van der Waals surface area contributed by atoms with Crippen LogP contribution in [0.4, 0.5) is 0 Å². The maximum atomic E-state index is 5.87. The van der Waals surface area contributed by atoms with E-state index in [4.69, 9.17) is 9.47 Å². The van der Waals surface area contributed by atoms with Gasteiger partial charge in [0.1, 0.15) is 5.75 Å². The van der Waals surface area contributed by atoms with Gasteiger partial charge in [0.25, 0.3) is 0 Å². The Morgan fingerprint density at radius 1 is 1.44 bits per heavy atom. The number of hydrogen-bond donors (Lipinski definition) is 1. The lowest BCUT2D eigenvalue weighted by Crippen LogP contribution is -2.21. The van der Waals surface area contributed by atoms with Crippen molar-refractivity contribution >= 4 is 0 Å². The number of hydrogen-bond acceptors (Lipinski definition) is 3. The summed E-state index contributed by atoms with van der Waals surface area (Å²) in [6.45, 7) is 5.94. The van der Waals surface area contributed by atoms with E-state index in [9.17, 15) is 0 Å². The van der Waals surface area contributed by atoms with Crippen molar-refractivity contribution in [3.05, 3.63) is 29.8 Å². The van der Waals surface area contributed by atoms with Gasteiger partial charge in [0.2, 0.25) is 0 Å². The van der Waals surface area contributed by atoms with Crippen molar-refractivity contribution in [1.82, 2.24) is 5.32 Å². The van der Waals surface area contributed by atoms with Crippen molar-refractivity contribution < 1.29 is 9.47 Å². The van der Waals surface area contributed by atoms with Crippen LogP contribution in [0, 0.1) is 5.92 Å². The van der Waals surface area contributed by atoms with Gasteiger partial charge < -0.3 is 14.8 Å². The molecule has 2 atom stereocenters. The molecule has 0 saturated carbocycles. The number of rotatable bonds is 5. The van der Waals surface area contributed by atoms with Crippen molar-refractivity contribution in [1.29, 1.82) is 0 Å². The second-order valence-corrected chi connectivity index (χ2v) is 5.14. The first kappa shape index (κ1) is 13.4. The zero-order valence-corrected chi connectivity index (χ0v) is 11.5. The van der Waals surface area contributed by atoms with Crippen molar-refractivity contribution in [2.24, 2.45) is 5.92 Å². The van der Waals surface area contributed by atoms with Crippen LogP contribution in [0.25, 0.3) is 0 Å². The van der Waals surface area contributed by atoms with Crippen molar-refractivity contribution in [3.63, 3.8) is 0 Å². The lowest BCUT2D eigenvalue weighted by atomic mass is 9.95. The SMILES string of the molecule is CNCC1CCOC1c1cccc(OC(C)C)c1. The highest BCUT2D eigenvalue weighted by atomic mass is 16.5. The fraction of sp³-hybridized carbons (Fsp3) is 0.600. The molecule has 1 N–H and O–H groups in total. The van der Waals surface area contributed by atoms with E-state index in [0.717, 1.165) is 25.3 Å². The van der Waals surface area contributed by atoms with E-state index in [1.807, 2.05) is 33.0 Å². The van der Waals surface area contributed by atoms with E-state index in [1.165, 1.54) is 5.56 Å². The molecule has 1 aliphatic rings. The van der Waals surface area contributed by atoms with Crippen molar-refractivity contribution in [2.45, 2.75) is 32.5 Å². The Morgan fingerprint density at radius 3 is 3.00 bits per heavy atom. The number of nitrogens with one attached hydrogen (secondary N) is 1. The normalized spacial score (nSPS) is 23.6. The Kier molecular flexibility index (Phi) is 4.61. The first-order chi connectivity index (χ1) is 8.70. The van der Waals surface area contributed by atoms with Gasteiger partial charge in [-0.3, -0.25) is 0 Å². The average molecular weight is 249 g/mol. The van der Waals surface area contributed by atoms with Crippen LogP contribution in [0.1, 0.15) is 31.9 Å². The Balaban J connectivity index is 2.12. The zero-order chi connectivity index (χ0) is 13.0. The fourth-order valence-electron chi connectivity index (χ4n) is 2.51. The summed E-state index contributed by atoms with van der Waals surface area (Å²) < 4.78 is 11.6. The monoisotopic (exact) mass is 249 g/mol. The zero-order valence-electron chi connectivity index (χ0n) is 11.5. The Morgan fingerprint density at radius 2 is 2.28 bits per heavy atom. The van der Waals surface area contributed by atoms with E-state index < -0.39 is 0 Å². The van der Waals surface area contributed by atoms with Crippen molar-refractivity contribution in [2.75, 3.05) is 20.2 Å². The summed E-state index contributed by atoms with van der Waals surface area (Å²) in [4.78, 5) is 0. The largest absolute Gasteiger partial charge is 0.491 e. The van der Waals surface area contributed by atoms with Crippen LogP contribution in [-0.4, -0.2) is 26.3 Å². The lowest BCUT2D eigenvalue weighted by Gasteiger charge is -2.19. The minimum Gasteiger partial charge on any atom is -0.491 e. The van der Waals surface area contributed by atoms with Crippen molar-refractivity contribution in [3.8, 4) is 5.75 Å². The molecule has 1 aromatic rings. The van der Waals surface area contributed by atoms with Crippen LogP contribution < -0.4 is 10.1 Å². The molecule has 0 aliphatic carbocycles. The summed E-state index contributed by atoms with van der Waals surface area (Å²) in [6.07, 6.45) is 1.53. The van der Waals surface area contributed by atoms with Crippen LogP contribution in [0.2, 0.25) is 0 Å². The molecule has 1 saturated heterocycles. The maximum absolute atomic E-state index is 5.87. The van der Waals surface area contributed by atoms with Gasteiger partial charge in [-0.1, -0.05) is 12.1 Å². The third kappa shape index (κ3) is 3.24. The highest BCUT2D eigenvalue weighted by Gasteiger charge is 2.29. The smallest absolute Gasteiger partial charge is 0.120 e. The molecule has 0 radical (unpaired) electrons. The summed E-state index contributed by atoms with van der Waals surface area (Å²) >= 11 is 0. The van der Waals surface area contributed by atoms with Crippen LogP contribution in [-0.2, 0) is 4.74 Å². The molecular formula is C15H23NO2. The molecule has 18 heavy (non-hydrogen) atoms. The van der Waals surface area contributed by atoms with Gasteiger partial charge in [-0.25, -0.2) is 0 Å². The molecular weight excluding hydrogens is 226 g/mol. The molecule has 0 bridgehead atoms. The van der Waals surface area contributed by atoms with Gasteiger partial charge in [0.15, 0.2) is 0 Å². The quantitative estimate of drug-likeness (QED) is 0.870. The predicted octanol–water partition coefficient (Wildman–Crippen LogP) is 2.77. The number of benzene rings is 1. The Bertz CT molecular complexity index is 379. The summed E-state index contributed by atoms with van der Waals surface area (Å²) in [6, 6.07) is 8.29. The highest BCUT2D eigenvalue weighted by molar-refractivity contribution is 5.31. The molecule has 1 heterocycles. The Labute approximate surface area is 109 Å². The standard InChI is InChI=1S/C15H23NO2/c1-11(2)18-14-6-4-5-12(9-14)15-13(10-16-3)7-8-17-15/h4-6,9,11,13,15-16H,7-8,10H2,1-3H3. The van der Waals surface area contributed by atoms with Gasteiger partial charge >= 0.3 is 0 Å². The lowest BCUT2D eigenvalue weighted by molar-refractivity contribution is 0.0906. The molecule has 100 valence electrons. The molecule has 2 rings (SSSR count). The van der Waals surface area contributed by atoms with E-state index >= 15 is 0 Å². The van der Waals surface area contributed by atoms with Crippen LogP contribution >= 0.6 is 0 Å². The Hall–Kier alpha value is -1.06. The average Bonchev–Trinajstić information content (AvgIpc) is 2.77. The predicted molar refractivity (Wildman–Crippen MR) is 72.9 cm³/mol. The maximum Gasteiger partial charge on any atom is 0.120 e. The van der Waals surface area contributed by atoms with Crippen LogP contribution in [0.15, 0.2) is 24.3 Å². The summed E-state index contributed by atoms with van der Waals surface area (Å²) in [7, 11) is 1.99. The van der Waals surface area contributed by atoms with Gasteiger partial charge in [0.05, 0.1) is 12.2 Å². The summed E-state index contributed by atoms with van der Waals surface area (Å²) in [5.41, 5.74) is 1.23. The first-order valence-electron chi connectivity index (χ1n) is 6.73. The number of ether oxygens (including phenoxy) is 2. The molecule has 1 fully saturated rings. The third-order valence-electron chi connectivity index (χ3n) is 3.24. The summed E-state index contributed by atoms with van der Waals surface area (Å²) in [5, 5.41) is 3.24. The fourth-order valence-corrected chi connectivity index (χ4v) is 2.51. The molecule has 3 nitrogen and oxygen atoms in total. The topological polar surface area (TPSA) is 30.5 Å². The van der Waals surface area contributed by atoms with Crippen LogP contribution in [0.3, 0.4) is 0 Å². The molecule has 2 unspecified atom stereocenters. The molecule has 0 amide bonds. The van der Waals surface area contributed by atoms with E-state index in [0.29, 0.717) is 5.92 Å². The molecule has 1 aliphatic heterocycles. The molecule has 0 spiro atoms. The second-order valence-electron chi connectivity index (χ2n) is 5.14. The summed E-state index contributed by atoms with van der Waals surface area (Å²) in [5.74, 6) is 1.49. The molecule has 0 aromatic heterocycles. The van der Waals surface area contributed by atoms with Gasteiger partial charge in [-0.05, 0) is 45.0 Å². The molecule has 1 aromatic carbocycles. The minimum absolute atomic E-state index is 0.202. The van der Waals surface area contributed by atoms with E-state index in [-0.39, 0.29) is 12.2 Å². The van der Waals surface area contributed by atoms with E-state index in [2.05, 4.69) is 17.4 Å². The molecule has 3 heteroatoms. The minimum atomic E-state index is 0.202. The first-order valence-corrected chi connectivity index (χ1v) is 6.73. The van der Waals surface area contributed by atoms with Gasteiger partial charge in [0, 0.05) is 19.1 Å². The van der Waals surface area contributed by atoms with Gasteiger partial charge in [-0.15, -0.1) is 0 Å². The highest BCUT2D eigenvalue weighted by Crippen LogP contribution is 2.35. The van der Waals surface area contributed by atoms with Crippen LogP contribution in [0.5, 0.6) is 5.75 Å². The van der Waals surface area contributed by atoms with E-state index in [1.54, 1.807) is 0 Å².